The molecule has 1 aliphatic rings. The number of methoxy groups -OCH3 is 1. The lowest BCUT2D eigenvalue weighted by Crippen LogP contribution is -2.48. The Kier molecular flexibility index (Phi) is 3.79. The highest BCUT2D eigenvalue weighted by atomic mass is 35.5. The molecule has 3 nitrogen and oxygen atoms in total. The van der Waals surface area contributed by atoms with Crippen molar-refractivity contribution in [2.75, 3.05) is 31.6 Å². The Bertz CT molecular complexity index is 373. The summed E-state index contributed by atoms with van der Waals surface area (Å²) in [4.78, 5) is 2.17. The molecule has 1 aromatic carbocycles. The molecule has 5 heteroatoms. The zero-order valence-electron chi connectivity index (χ0n) is 9.04. The van der Waals surface area contributed by atoms with E-state index in [1.54, 1.807) is 7.11 Å². The third-order valence-corrected chi connectivity index (χ3v) is 3.30. The van der Waals surface area contributed by atoms with Crippen molar-refractivity contribution in [1.82, 2.24) is 5.32 Å². The summed E-state index contributed by atoms with van der Waals surface area (Å²) in [5.41, 5.74) is 0.948. The van der Waals surface area contributed by atoms with E-state index in [-0.39, 0.29) is 5.50 Å². The van der Waals surface area contributed by atoms with Gasteiger partial charge in [0.2, 0.25) is 0 Å². The van der Waals surface area contributed by atoms with Crippen molar-refractivity contribution in [2.24, 2.45) is 0 Å². The van der Waals surface area contributed by atoms with Crippen molar-refractivity contribution in [3.05, 3.63) is 23.2 Å². The van der Waals surface area contributed by atoms with Gasteiger partial charge in [0.25, 0.3) is 0 Å². The summed E-state index contributed by atoms with van der Waals surface area (Å²) in [6.45, 7) is 2.51. The molecule has 1 saturated heterocycles. The zero-order chi connectivity index (χ0) is 11.5. The normalized spacial score (nSPS) is 20.9. The van der Waals surface area contributed by atoms with E-state index in [2.05, 4.69) is 10.2 Å². The molecule has 1 atom stereocenters. The average molecular weight is 261 g/mol. The van der Waals surface area contributed by atoms with Gasteiger partial charge in [0, 0.05) is 19.6 Å². The van der Waals surface area contributed by atoms with Crippen molar-refractivity contribution in [2.45, 2.75) is 5.50 Å². The van der Waals surface area contributed by atoms with Crippen LogP contribution < -0.4 is 15.0 Å². The monoisotopic (exact) mass is 260 g/mol. The van der Waals surface area contributed by atoms with Crippen LogP contribution in [0.5, 0.6) is 5.75 Å². The minimum atomic E-state index is -0.0315. The van der Waals surface area contributed by atoms with Crippen molar-refractivity contribution < 1.29 is 4.74 Å². The number of benzene rings is 1. The van der Waals surface area contributed by atoms with Crippen LogP contribution in [-0.4, -0.2) is 32.2 Å². The van der Waals surface area contributed by atoms with Crippen LogP contribution in [0.2, 0.25) is 5.02 Å². The summed E-state index contributed by atoms with van der Waals surface area (Å²) in [6, 6.07) is 5.78. The molecule has 1 N–H and O–H groups in total. The van der Waals surface area contributed by atoms with Crippen molar-refractivity contribution in [3.63, 3.8) is 0 Å². The maximum atomic E-state index is 6.26. The molecule has 0 spiro atoms. The Balaban J connectivity index is 2.25. The third-order valence-electron chi connectivity index (χ3n) is 2.63. The van der Waals surface area contributed by atoms with Gasteiger partial charge in [0.05, 0.1) is 12.8 Å². The van der Waals surface area contributed by atoms with Gasteiger partial charge in [-0.3, -0.25) is 5.32 Å². The SMILES string of the molecule is COc1cccc(N2CCNC(Cl)C2)c1Cl. The molecule has 1 aliphatic heterocycles. The van der Waals surface area contributed by atoms with E-state index in [0.717, 1.165) is 25.3 Å². The summed E-state index contributed by atoms with van der Waals surface area (Å²) < 4.78 is 5.20. The van der Waals surface area contributed by atoms with Crippen LogP contribution in [0.4, 0.5) is 5.69 Å². The second kappa shape index (κ2) is 5.13. The largest absolute Gasteiger partial charge is 0.495 e. The van der Waals surface area contributed by atoms with Crippen molar-refractivity contribution in [1.29, 1.82) is 0 Å². The fourth-order valence-electron chi connectivity index (χ4n) is 1.83. The van der Waals surface area contributed by atoms with Gasteiger partial charge >= 0.3 is 0 Å². The van der Waals surface area contributed by atoms with Gasteiger partial charge in [0.15, 0.2) is 0 Å². The van der Waals surface area contributed by atoms with E-state index in [0.29, 0.717) is 10.8 Å². The predicted molar refractivity (Wildman–Crippen MR) is 67.9 cm³/mol. The van der Waals surface area contributed by atoms with Crippen LogP contribution >= 0.6 is 23.2 Å². The Morgan fingerprint density at radius 3 is 3.00 bits per heavy atom. The summed E-state index contributed by atoms with van der Waals surface area (Å²) in [5.74, 6) is 0.698. The lowest BCUT2D eigenvalue weighted by Gasteiger charge is -2.33. The van der Waals surface area contributed by atoms with Crippen LogP contribution in [0.25, 0.3) is 0 Å². The lowest BCUT2D eigenvalue weighted by atomic mass is 10.2. The maximum absolute atomic E-state index is 6.26. The topological polar surface area (TPSA) is 24.5 Å². The summed E-state index contributed by atoms with van der Waals surface area (Å²) in [6.07, 6.45) is 0. The van der Waals surface area contributed by atoms with Crippen LogP contribution in [0.3, 0.4) is 0 Å². The van der Waals surface area contributed by atoms with E-state index < -0.39 is 0 Å². The number of ether oxygens (including phenoxy) is 1. The molecule has 0 amide bonds. The maximum Gasteiger partial charge on any atom is 0.139 e. The van der Waals surface area contributed by atoms with Crippen LogP contribution in [0, 0.1) is 0 Å². The first-order valence-corrected chi connectivity index (χ1v) is 5.98. The van der Waals surface area contributed by atoms with Crippen LogP contribution in [0.1, 0.15) is 0 Å². The van der Waals surface area contributed by atoms with Gasteiger partial charge < -0.3 is 9.64 Å². The zero-order valence-corrected chi connectivity index (χ0v) is 10.6. The number of piperazine rings is 1. The molecule has 1 aromatic rings. The molecule has 1 fully saturated rings. The number of anilines is 1. The third kappa shape index (κ3) is 2.37. The number of alkyl halides is 1. The summed E-state index contributed by atoms with van der Waals surface area (Å²) >= 11 is 12.3. The molecule has 1 heterocycles. The highest BCUT2D eigenvalue weighted by Crippen LogP contribution is 2.34. The number of halogens is 2. The smallest absolute Gasteiger partial charge is 0.139 e. The molecule has 0 aliphatic carbocycles. The molecule has 2 rings (SSSR count). The van der Waals surface area contributed by atoms with E-state index in [1.165, 1.54) is 0 Å². The predicted octanol–water partition coefficient (Wildman–Crippen LogP) is 2.32. The molecular weight excluding hydrogens is 247 g/mol. The first-order valence-electron chi connectivity index (χ1n) is 5.17. The standard InChI is InChI=1S/C11H14Cl2N2O/c1-16-9-4-2-3-8(11(9)13)15-6-5-14-10(12)7-15/h2-4,10,14H,5-7H2,1H3. The fraction of sp³-hybridized carbons (Fsp3) is 0.455. The molecule has 16 heavy (non-hydrogen) atoms. The average Bonchev–Trinajstić information content (AvgIpc) is 2.29. The molecule has 0 bridgehead atoms. The molecule has 0 saturated carbocycles. The van der Waals surface area contributed by atoms with Gasteiger partial charge in [-0.05, 0) is 12.1 Å². The van der Waals surface area contributed by atoms with Gasteiger partial charge in [-0.1, -0.05) is 17.7 Å². The van der Waals surface area contributed by atoms with E-state index in [9.17, 15) is 0 Å². The minimum Gasteiger partial charge on any atom is -0.495 e. The van der Waals surface area contributed by atoms with Gasteiger partial charge in [0.1, 0.15) is 16.3 Å². The molecule has 0 aromatic heterocycles. The van der Waals surface area contributed by atoms with Gasteiger partial charge in [-0.2, -0.15) is 0 Å². The van der Waals surface area contributed by atoms with Gasteiger partial charge in [-0.25, -0.2) is 0 Å². The van der Waals surface area contributed by atoms with Gasteiger partial charge in [-0.15, -0.1) is 11.6 Å². The van der Waals surface area contributed by atoms with Crippen LogP contribution in [0.15, 0.2) is 18.2 Å². The van der Waals surface area contributed by atoms with Crippen molar-refractivity contribution >= 4 is 28.9 Å². The number of nitrogens with zero attached hydrogens (tertiary/aromatic N) is 1. The number of rotatable bonds is 2. The van der Waals surface area contributed by atoms with E-state index in [4.69, 9.17) is 27.9 Å². The summed E-state index contributed by atoms with van der Waals surface area (Å²) in [5, 5.41) is 3.83. The number of hydrogen-bond donors (Lipinski definition) is 1. The Hall–Kier alpha value is -0.640. The molecule has 88 valence electrons. The van der Waals surface area contributed by atoms with E-state index in [1.807, 2.05) is 18.2 Å². The minimum absolute atomic E-state index is 0.0315. The first kappa shape index (κ1) is 11.8. The molecule has 1 unspecified atom stereocenters. The fourth-order valence-corrected chi connectivity index (χ4v) is 2.42. The summed E-state index contributed by atoms with van der Waals surface area (Å²) in [7, 11) is 1.62. The molecule has 0 radical (unpaired) electrons. The Labute approximate surface area is 105 Å². The quantitative estimate of drug-likeness (QED) is 0.653. The highest BCUT2D eigenvalue weighted by molar-refractivity contribution is 6.34. The molecular formula is C11H14Cl2N2O. The number of hydrogen-bond acceptors (Lipinski definition) is 3. The lowest BCUT2D eigenvalue weighted by molar-refractivity contribution is 0.415. The second-order valence-electron chi connectivity index (χ2n) is 3.66. The Morgan fingerprint density at radius 2 is 2.31 bits per heavy atom. The van der Waals surface area contributed by atoms with Crippen molar-refractivity contribution in [3.8, 4) is 5.75 Å². The highest BCUT2D eigenvalue weighted by Gasteiger charge is 2.20. The number of nitrogens with one attached hydrogen (secondary N) is 1. The first-order chi connectivity index (χ1) is 7.72. The Morgan fingerprint density at radius 1 is 1.50 bits per heavy atom. The van der Waals surface area contributed by atoms with E-state index >= 15 is 0 Å². The second-order valence-corrected chi connectivity index (χ2v) is 4.57. The van der Waals surface area contributed by atoms with Crippen LogP contribution in [-0.2, 0) is 0 Å².